The highest BCUT2D eigenvalue weighted by Gasteiger charge is 2.13. The van der Waals surface area contributed by atoms with E-state index in [0.717, 1.165) is 22.2 Å². The molecule has 5 nitrogen and oxygen atoms in total. The van der Waals surface area contributed by atoms with Crippen LogP contribution in [-0.2, 0) is 4.79 Å². The summed E-state index contributed by atoms with van der Waals surface area (Å²) < 4.78 is 1.84. The van der Waals surface area contributed by atoms with E-state index < -0.39 is 12.0 Å². The monoisotopic (exact) mass is 309 g/mol. The standard InChI is InChI=1S/C18H19N3O2/c1-3-17(22)18(23)20-14-8-7-13-11-19-21(16(13)10-14)15-6-4-5-12(2)9-15/h4-11,17,22H,3H2,1-2H3,(H,20,23). The van der Waals surface area contributed by atoms with E-state index in [4.69, 9.17) is 0 Å². The molecule has 1 amide bonds. The van der Waals surface area contributed by atoms with Gasteiger partial charge >= 0.3 is 0 Å². The molecule has 1 heterocycles. The number of hydrogen-bond acceptors (Lipinski definition) is 3. The van der Waals surface area contributed by atoms with Crippen molar-refractivity contribution in [3.8, 4) is 5.69 Å². The first-order valence-electron chi connectivity index (χ1n) is 7.62. The topological polar surface area (TPSA) is 67.2 Å². The van der Waals surface area contributed by atoms with Crippen LogP contribution in [0.5, 0.6) is 0 Å². The van der Waals surface area contributed by atoms with Crippen molar-refractivity contribution in [1.82, 2.24) is 9.78 Å². The Kier molecular flexibility index (Phi) is 4.12. The maximum Gasteiger partial charge on any atom is 0.253 e. The van der Waals surface area contributed by atoms with Gasteiger partial charge in [-0.1, -0.05) is 19.1 Å². The Bertz CT molecular complexity index is 854. The SMILES string of the molecule is CCC(O)C(=O)Nc1ccc2cnn(-c3cccc(C)c3)c2c1. The van der Waals surface area contributed by atoms with Crippen LogP contribution in [0.1, 0.15) is 18.9 Å². The van der Waals surface area contributed by atoms with E-state index in [1.807, 2.05) is 48.0 Å². The van der Waals surface area contributed by atoms with Crippen molar-refractivity contribution in [1.29, 1.82) is 0 Å². The largest absolute Gasteiger partial charge is 0.383 e. The van der Waals surface area contributed by atoms with Gasteiger partial charge in [0.15, 0.2) is 0 Å². The Hall–Kier alpha value is -2.66. The van der Waals surface area contributed by atoms with Gasteiger partial charge < -0.3 is 10.4 Å². The Morgan fingerprint density at radius 3 is 2.87 bits per heavy atom. The van der Waals surface area contributed by atoms with Crippen molar-refractivity contribution in [2.45, 2.75) is 26.4 Å². The second-order valence-corrected chi connectivity index (χ2v) is 5.58. The van der Waals surface area contributed by atoms with Crippen molar-refractivity contribution >= 4 is 22.5 Å². The highest BCUT2D eigenvalue weighted by atomic mass is 16.3. The van der Waals surface area contributed by atoms with Crippen LogP contribution in [0, 0.1) is 6.92 Å². The van der Waals surface area contributed by atoms with Crippen LogP contribution in [0.3, 0.4) is 0 Å². The van der Waals surface area contributed by atoms with E-state index in [0.29, 0.717) is 12.1 Å². The van der Waals surface area contributed by atoms with Crippen LogP contribution in [0.15, 0.2) is 48.7 Å². The van der Waals surface area contributed by atoms with Crippen LogP contribution >= 0.6 is 0 Å². The van der Waals surface area contributed by atoms with E-state index in [2.05, 4.69) is 16.5 Å². The number of amides is 1. The second-order valence-electron chi connectivity index (χ2n) is 5.58. The minimum absolute atomic E-state index is 0.384. The molecule has 0 aliphatic carbocycles. The van der Waals surface area contributed by atoms with Gasteiger partial charge in [-0.15, -0.1) is 0 Å². The first-order chi connectivity index (χ1) is 11.1. The first-order valence-corrected chi connectivity index (χ1v) is 7.62. The van der Waals surface area contributed by atoms with Crippen molar-refractivity contribution in [2.75, 3.05) is 5.32 Å². The number of carbonyl (C=O) groups is 1. The maximum atomic E-state index is 11.8. The molecule has 3 aromatic rings. The van der Waals surface area contributed by atoms with Gasteiger partial charge in [-0.05, 0) is 49.2 Å². The number of anilines is 1. The number of benzene rings is 2. The van der Waals surface area contributed by atoms with Gasteiger partial charge in [0.1, 0.15) is 6.10 Å². The molecule has 0 bridgehead atoms. The molecule has 3 rings (SSSR count). The third-order valence-corrected chi connectivity index (χ3v) is 3.77. The van der Waals surface area contributed by atoms with Crippen molar-refractivity contribution < 1.29 is 9.90 Å². The lowest BCUT2D eigenvalue weighted by Gasteiger charge is -2.10. The molecule has 0 radical (unpaired) electrons. The van der Waals surface area contributed by atoms with Crippen molar-refractivity contribution in [3.63, 3.8) is 0 Å². The summed E-state index contributed by atoms with van der Waals surface area (Å²) in [7, 11) is 0. The van der Waals surface area contributed by atoms with Crippen LogP contribution in [0.2, 0.25) is 0 Å². The van der Waals surface area contributed by atoms with Crippen LogP contribution in [0.25, 0.3) is 16.6 Å². The third-order valence-electron chi connectivity index (χ3n) is 3.77. The molecular weight excluding hydrogens is 290 g/mol. The molecular formula is C18H19N3O2. The second kappa shape index (κ2) is 6.22. The maximum absolute atomic E-state index is 11.8. The quantitative estimate of drug-likeness (QED) is 0.778. The molecule has 2 N–H and O–H groups in total. The van der Waals surface area contributed by atoms with Gasteiger partial charge in [0.2, 0.25) is 0 Å². The Morgan fingerprint density at radius 2 is 2.13 bits per heavy atom. The normalized spacial score (nSPS) is 12.3. The smallest absolute Gasteiger partial charge is 0.253 e. The number of aromatic nitrogens is 2. The predicted molar refractivity (Wildman–Crippen MR) is 90.7 cm³/mol. The number of nitrogens with one attached hydrogen (secondary N) is 1. The molecule has 0 saturated heterocycles. The molecule has 1 aromatic heterocycles. The number of aliphatic hydroxyl groups is 1. The molecule has 1 unspecified atom stereocenters. The molecule has 118 valence electrons. The van der Waals surface area contributed by atoms with E-state index >= 15 is 0 Å². The summed E-state index contributed by atoms with van der Waals surface area (Å²) in [6.07, 6.45) is 1.19. The lowest BCUT2D eigenvalue weighted by atomic mass is 10.2. The number of carbonyl (C=O) groups excluding carboxylic acids is 1. The number of hydrogen-bond donors (Lipinski definition) is 2. The Balaban J connectivity index is 1.99. The van der Waals surface area contributed by atoms with Gasteiger partial charge in [0.25, 0.3) is 5.91 Å². The van der Waals surface area contributed by atoms with E-state index in [9.17, 15) is 9.90 Å². The molecule has 0 spiro atoms. The van der Waals surface area contributed by atoms with E-state index in [1.165, 1.54) is 0 Å². The Labute approximate surface area is 134 Å². The van der Waals surface area contributed by atoms with Gasteiger partial charge in [-0.25, -0.2) is 4.68 Å². The number of aryl methyl sites for hydroxylation is 1. The number of rotatable bonds is 4. The molecule has 0 aliphatic rings. The fourth-order valence-electron chi connectivity index (χ4n) is 2.47. The zero-order valence-corrected chi connectivity index (χ0v) is 13.2. The summed E-state index contributed by atoms with van der Waals surface area (Å²) in [6, 6.07) is 13.6. The van der Waals surface area contributed by atoms with Crippen LogP contribution < -0.4 is 5.32 Å². The van der Waals surface area contributed by atoms with Crippen molar-refractivity contribution in [2.24, 2.45) is 0 Å². The lowest BCUT2D eigenvalue weighted by Crippen LogP contribution is -2.26. The summed E-state index contributed by atoms with van der Waals surface area (Å²) in [5.74, 6) is -0.395. The Morgan fingerprint density at radius 1 is 1.30 bits per heavy atom. The lowest BCUT2D eigenvalue weighted by molar-refractivity contribution is -0.124. The van der Waals surface area contributed by atoms with E-state index in [1.54, 1.807) is 13.1 Å². The molecule has 2 aromatic carbocycles. The summed E-state index contributed by atoms with van der Waals surface area (Å²) in [5, 5.41) is 17.7. The van der Waals surface area contributed by atoms with Crippen LogP contribution in [0.4, 0.5) is 5.69 Å². The average Bonchev–Trinajstić information content (AvgIpc) is 2.97. The number of fused-ring (bicyclic) bond motifs is 1. The minimum atomic E-state index is -0.993. The van der Waals surface area contributed by atoms with Gasteiger partial charge in [0, 0.05) is 11.1 Å². The fourth-order valence-corrected chi connectivity index (χ4v) is 2.47. The minimum Gasteiger partial charge on any atom is -0.383 e. The molecule has 23 heavy (non-hydrogen) atoms. The van der Waals surface area contributed by atoms with E-state index in [-0.39, 0.29) is 0 Å². The van der Waals surface area contributed by atoms with Crippen LogP contribution in [-0.4, -0.2) is 26.9 Å². The number of aliphatic hydroxyl groups excluding tert-OH is 1. The number of nitrogens with zero attached hydrogens (tertiary/aromatic N) is 2. The fraction of sp³-hybridized carbons (Fsp3) is 0.222. The summed E-state index contributed by atoms with van der Waals surface area (Å²) in [5.41, 5.74) is 3.67. The molecule has 1 atom stereocenters. The average molecular weight is 309 g/mol. The molecule has 0 fully saturated rings. The zero-order valence-electron chi connectivity index (χ0n) is 13.2. The molecule has 0 aliphatic heterocycles. The highest BCUT2D eigenvalue weighted by Crippen LogP contribution is 2.22. The summed E-state index contributed by atoms with van der Waals surface area (Å²) in [6.45, 7) is 3.80. The van der Waals surface area contributed by atoms with Crippen molar-refractivity contribution in [3.05, 3.63) is 54.2 Å². The summed E-state index contributed by atoms with van der Waals surface area (Å²) in [4.78, 5) is 11.8. The third kappa shape index (κ3) is 3.10. The van der Waals surface area contributed by atoms with Gasteiger partial charge in [0.05, 0.1) is 17.4 Å². The molecule has 0 saturated carbocycles. The first kappa shape index (κ1) is 15.2. The highest BCUT2D eigenvalue weighted by molar-refractivity contribution is 5.96. The predicted octanol–water partition coefficient (Wildman–Crippen LogP) is 3.04. The van der Waals surface area contributed by atoms with Gasteiger partial charge in [-0.2, -0.15) is 5.10 Å². The molecule has 5 heteroatoms. The van der Waals surface area contributed by atoms with Gasteiger partial charge in [-0.3, -0.25) is 4.79 Å². The summed E-state index contributed by atoms with van der Waals surface area (Å²) >= 11 is 0. The zero-order chi connectivity index (χ0) is 16.4.